The molecule has 3 aromatic rings. The van der Waals surface area contributed by atoms with Crippen LogP contribution in [-0.2, 0) is 0 Å². The largest absolute Gasteiger partial charge is 0.493 e. The lowest BCUT2D eigenvalue weighted by molar-refractivity contribution is 0.324. The van der Waals surface area contributed by atoms with Crippen molar-refractivity contribution in [2.24, 2.45) is 0 Å². The average Bonchev–Trinajstić information content (AvgIpc) is 2.67. The van der Waals surface area contributed by atoms with Gasteiger partial charge < -0.3 is 14.2 Å². The zero-order valence-electron chi connectivity index (χ0n) is 13.8. The molecule has 1 heterocycles. The first-order valence-electron chi connectivity index (χ1n) is 7.43. The van der Waals surface area contributed by atoms with E-state index in [0.29, 0.717) is 17.2 Å². The lowest BCUT2D eigenvalue weighted by atomic mass is 9.95. The average molecular weight is 322 g/mol. The van der Waals surface area contributed by atoms with E-state index in [4.69, 9.17) is 14.2 Å². The van der Waals surface area contributed by atoms with E-state index in [2.05, 4.69) is 9.97 Å². The molecule has 3 rings (SSSR count). The van der Waals surface area contributed by atoms with Gasteiger partial charge in [0.2, 0.25) is 5.75 Å². The Morgan fingerprint density at radius 3 is 1.75 bits per heavy atom. The van der Waals surface area contributed by atoms with Gasteiger partial charge in [-0.1, -0.05) is 24.3 Å². The highest BCUT2D eigenvalue weighted by molar-refractivity contribution is 5.84. The first-order chi connectivity index (χ1) is 11.8. The fourth-order valence-electron chi connectivity index (χ4n) is 2.66. The van der Waals surface area contributed by atoms with E-state index in [9.17, 15) is 0 Å². The van der Waals surface area contributed by atoms with Crippen LogP contribution >= 0.6 is 0 Å². The Bertz CT molecular complexity index is 810. The number of rotatable bonds is 5. The van der Waals surface area contributed by atoms with E-state index in [1.807, 2.05) is 36.4 Å². The predicted octanol–water partition coefficient (Wildman–Crippen LogP) is 3.84. The molecular formula is C19H18N2O3. The second-order valence-corrected chi connectivity index (χ2v) is 5.09. The first kappa shape index (κ1) is 15.8. The maximum atomic E-state index is 5.46. The SMILES string of the molecule is COc1cc(-c2ccccc2-c2cncnc2)cc(OC)c1OC. The third-order valence-electron chi connectivity index (χ3n) is 3.77. The highest BCUT2D eigenvalue weighted by atomic mass is 16.5. The number of methoxy groups -OCH3 is 3. The lowest BCUT2D eigenvalue weighted by Crippen LogP contribution is -1.96. The van der Waals surface area contributed by atoms with Gasteiger partial charge in [-0.3, -0.25) is 0 Å². The van der Waals surface area contributed by atoms with Crippen molar-refractivity contribution >= 4 is 0 Å². The molecule has 2 aromatic carbocycles. The van der Waals surface area contributed by atoms with E-state index < -0.39 is 0 Å². The van der Waals surface area contributed by atoms with Crippen molar-refractivity contribution in [3.05, 3.63) is 55.1 Å². The third kappa shape index (κ3) is 2.88. The van der Waals surface area contributed by atoms with E-state index >= 15 is 0 Å². The van der Waals surface area contributed by atoms with Crippen LogP contribution in [0.2, 0.25) is 0 Å². The van der Waals surface area contributed by atoms with E-state index in [1.54, 1.807) is 33.7 Å². The molecule has 0 unspecified atom stereocenters. The summed E-state index contributed by atoms with van der Waals surface area (Å²) in [7, 11) is 4.81. The van der Waals surface area contributed by atoms with Crippen LogP contribution in [0.25, 0.3) is 22.3 Å². The molecule has 5 heteroatoms. The van der Waals surface area contributed by atoms with Crippen LogP contribution in [0, 0.1) is 0 Å². The number of hydrogen-bond acceptors (Lipinski definition) is 5. The first-order valence-corrected chi connectivity index (χ1v) is 7.43. The molecule has 0 radical (unpaired) electrons. The maximum absolute atomic E-state index is 5.46. The molecule has 0 saturated heterocycles. The summed E-state index contributed by atoms with van der Waals surface area (Å²) >= 11 is 0. The van der Waals surface area contributed by atoms with E-state index in [-0.39, 0.29) is 0 Å². The number of benzene rings is 2. The summed E-state index contributed by atoms with van der Waals surface area (Å²) in [4.78, 5) is 8.22. The monoisotopic (exact) mass is 322 g/mol. The van der Waals surface area contributed by atoms with Crippen LogP contribution in [0.5, 0.6) is 17.2 Å². The topological polar surface area (TPSA) is 53.5 Å². The molecule has 0 aliphatic heterocycles. The molecule has 0 aliphatic rings. The molecule has 0 N–H and O–H groups in total. The molecule has 0 saturated carbocycles. The van der Waals surface area contributed by atoms with Gasteiger partial charge in [0.1, 0.15) is 6.33 Å². The Morgan fingerprint density at radius 1 is 0.708 bits per heavy atom. The molecule has 0 amide bonds. The van der Waals surface area contributed by atoms with Gasteiger partial charge in [0, 0.05) is 18.0 Å². The summed E-state index contributed by atoms with van der Waals surface area (Å²) in [5, 5.41) is 0. The molecule has 0 fully saturated rings. The van der Waals surface area contributed by atoms with Crippen molar-refractivity contribution < 1.29 is 14.2 Å². The standard InChI is InChI=1S/C19H18N2O3/c1-22-17-8-13(9-18(23-2)19(17)24-3)15-6-4-5-7-16(15)14-10-20-12-21-11-14/h4-12H,1-3H3. The molecule has 0 aliphatic carbocycles. The van der Waals surface area contributed by atoms with Crippen LogP contribution in [0.1, 0.15) is 0 Å². The number of hydrogen-bond donors (Lipinski definition) is 0. The van der Waals surface area contributed by atoms with Crippen molar-refractivity contribution in [3.63, 3.8) is 0 Å². The van der Waals surface area contributed by atoms with Gasteiger partial charge in [-0.25, -0.2) is 9.97 Å². The Balaban J connectivity index is 2.20. The minimum absolute atomic E-state index is 0.573. The normalized spacial score (nSPS) is 10.3. The van der Waals surface area contributed by atoms with Crippen LogP contribution in [0.4, 0.5) is 0 Å². The maximum Gasteiger partial charge on any atom is 0.203 e. The molecule has 0 atom stereocenters. The van der Waals surface area contributed by atoms with Crippen molar-refractivity contribution in [3.8, 4) is 39.5 Å². The molecular weight excluding hydrogens is 304 g/mol. The van der Waals surface area contributed by atoms with Crippen LogP contribution < -0.4 is 14.2 Å². The Kier molecular flexibility index (Phi) is 4.61. The molecule has 122 valence electrons. The Labute approximate surface area is 140 Å². The van der Waals surface area contributed by atoms with Crippen molar-refractivity contribution in [1.29, 1.82) is 0 Å². The van der Waals surface area contributed by atoms with Gasteiger partial charge in [0.05, 0.1) is 21.3 Å². The van der Waals surface area contributed by atoms with Gasteiger partial charge in [-0.15, -0.1) is 0 Å². The molecule has 1 aromatic heterocycles. The molecule has 0 spiro atoms. The lowest BCUT2D eigenvalue weighted by Gasteiger charge is -2.16. The van der Waals surface area contributed by atoms with Crippen molar-refractivity contribution in [2.75, 3.05) is 21.3 Å². The molecule has 5 nitrogen and oxygen atoms in total. The van der Waals surface area contributed by atoms with Gasteiger partial charge >= 0.3 is 0 Å². The van der Waals surface area contributed by atoms with Gasteiger partial charge in [-0.2, -0.15) is 0 Å². The zero-order valence-corrected chi connectivity index (χ0v) is 13.8. The highest BCUT2D eigenvalue weighted by Crippen LogP contribution is 2.43. The van der Waals surface area contributed by atoms with Crippen LogP contribution in [0.3, 0.4) is 0 Å². The summed E-state index contributed by atoms with van der Waals surface area (Å²) < 4.78 is 16.3. The fraction of sp³-hybridized carbons (Fsp3) is 0.158. The minimum atomic E-state index is 0.573. The molecule has 24 heavy (non-hydrogen) atoms. The van der Waals surface area contributed by atoms with Crippen LogP contribution in [0.15, 0.2) is 55.1 Å². The van der Waals surface area contributed by atoms with E-state index in [1.165, 1.54) is 6.33 Å². The smallest absolute Gasteiger partial charge is 0.203 e. The summed E-state index contributed by atoms with van der Waals surface area (Å²) in [6.45, 7) is 0. The quantitative estimate of drug-likeness (QED) is 0.714. The summed E-state index contributed by atoms with van der Waals surface area (Å²) in [6.07, 6.45) is 5.11. The van der Waals surface area contributed by atoms with Crippen molar-refractivity contribution in [1.82, 2.24) is 9.97 Å². The second-order valence-electron chi connectivity index (χ2n) is 5.09. The Morgan fingerprint density at radius 2 is 1.25 bits per heavy atom. The van der Waals surface area contributed by atoms with E-state index in [0.717, 1.165) is 22.3 Å². The fourth-order valence-corrected chi connectivity index (χ4v) is 2.66. The zero-order chi connectivity index (χ0) is 16.9. The van der Waals surface area contributed by atoms with Crippen LogP contribution in [-0.4, -0.2) is 31.3 Å². The van der Waals surface area contributed by atoms with Gasteiger partial charge in [-0.05, 0) is 28.8 Å². The van der Waals surface area contributed by atoms with Gasteiger partial charge in [0.25, 0.3) is 0 Å². The summed E-state index contributed by atoms with van der Waals surface area (Å²) in [6, 6.07) is 11.9. The Hall–Kier alpha value is -3.08. The van der Waals surface area contributed by atoms with Gasteiger partial charge in [0.15, 0.2) is 11.5 Å². The third-order valence-corrected chi connectivity index (χ3v) is 3.77. The molecule has 0 bridgehead atoms. The second kappa shape index (κ2) is 7.00. The highest BCUT2D eigenvalue weighted by Gasteiger charge is 2.16. The number of nitrogens with zero attached hydrogens (tertiary/aromatic N) is 2. The number of aromatic nitrogens is 2. The summed E-state index contributed by atoms with van der Waals surface area (Å²) in [5.41, 5.74) is 3.98. The van der Waals surface area contributed by atoms with Crippen molar-refractivity contribution in [2.45, 2.75) is 0 Å². The minimum Gasteiger partial charge on any atom is -0.493 e. The summed E-state index contributed by atoms with van der Waals surface area (Å²) in [5.74, 6) is 1.81. The predicted molar refractivity (Wildman–Crippen MR) is 92.6 cm³/mol. The number of ether oxygens (including phenoxy) is 3.